The summed E-state index contributed by atoms with van der Waals surface area (Å²) in [6.07, 6.45) is 3.65. The fourth-order valence-corrected chi connectivity index (χ4v) is 4.59. The van der Waals surface area contributed by atoms with Crippen molar-refractivity contribution in [1.82, 2.24) is 19.7 Å². The van der Waals surface area contributed by atoms with Crippen LogP contribution in [0, 0.1) is 20.8 Å². The van der Waals surface area contributed by atoms with Gasteiger partial charge in [0.25, 0.3) is 5.56 Å². The Morgan fingerprint density at radius 3 is 2.65 bits per heavy atom. The van der Waals surface area contributed by atoms with E-state index in [4.69, 9.17) is 4.74 Å². The first-order chi connectivity index (χ1) is 14.9. The second kappa shape index (κ2) is 8.31. The molecule has 0 atom stereocenters. The molecule has 0 radical (unpaired) electrons. The lowest BCUT2D eigenvalue weighted by Crippen LogP contribution is -2.10. The molecule has 1 aromatic carbocycles. The highest BCUT2D eigenvalue weighted by molar-refractivity contribution is 7.20. The van der Waals surface area contributed by atoms with E-state index in [1.165, 1.54) is 11.3 Å². The van der Waals surface area contributed by atoms with Crippen molar-refractivity contribution in [3.05, 3.63) is 73.9 Å². The second-order valence-corrected chi connectivity index (χ2v) is 8.07. The van der Waals surface area contributed by atoms with E-state index >= 15 is 0 Å². The van der Waals surface area contributed by atoms with Crippen molar-refractivity contribution < 1.29 is 9.53 Å². The molecule has 0 saturated carbocycles. The number of rotatable bonds is 5. The summed E-state index contributed by atoms with van der Waals surface area (Å²) in [5.74, 6) is -0.0144. The van der Waals surface area contributed by atoms with Crippen molar-refractivity contribution in [2.75, 3.05) is 6.61 Å². The number of fused-ring (bicyclic) bond motifs is 1. The summed E-state index contributed by atoms with van der Waals surface area (Å²) in [7, 11) is 0. The molecule has 158 valence electrons. The minimum absolute atomic E-state index is 0.276. The standard InChI is InChI=1S/C23H22N4O3S/c1-5-30-23(29)20-13(2)19-21(28)24-18(25-22(19)31-20)12-11-17-14(3)26-27(15(17)4)16-9-7-6-8-10-16/h6-12H,5H2,1-4H3,(H,24,25,28)/b12-11+. The zero-order valence-corrected chi connectivity index (χ0v) is 18.5. The number of carbonyl (C=O) groups excluding carboxylic acids is 1. The molecule has 4 rings (SSSR count). The molecule has 0 unspecified atom stereocenters. The van der Waals surface area contributed by atoms with Crippen LogP contribution < -0.4 is 5.56 Å². The van der Waals surface area contributed by atoms with E-state index in [0.29, 0.717) is 26.5 Å². The number of benzene rings is 1. The quantitative estimate of drug-likeness (QED) is 0.469. The third-order valence-corrected chi connectivity index (χ3v) is 6.20. The van der Waals surface area contributed by atoms with Gasteiger partial charge in [0.15, 0.2) is 0 Å². The van der Waals surface area contributed by atoms with Crippen LogP contribution in [0.2, 0.25) is 0 Å². The number of carbonyl (C=O) groups is 1. The Hall–Kier alpha value is -3.52. The Balaban J connectivity index is 1.72. The first-order valence-corrected chi connectivity index (χ1v) is 10.7. The van der Waals surface area contributed by atoms with E-state index in [1.54, 1.807) is 19.9 Å². The number of esters is 1. The molecule has 7 nitrogen and oxygen atoms in total. The van der Waals surface area contributed by atoms with Crippen LogP contribution in [-0.2, 0) is 4.74 Å². The third kappa shape index (κ3) is 3.82. The molecule has 0 aliphatic heterocycles. The Morgan fingerprint density at radius 2 is 1.94 bits per heavy atom. The van der Waals surface area contributed by atoms with Gasteiger partial charge in [-0.2, -0.15) is 5.10 Å². The summed E-state index contributed by atoms with van der Waals surface area (Å²) in [6, 6.07) is 9.91. The number of nitrogens with zero attached hydrogens (tertiary/aromatic N) is 3. The van der Waals surface area contributed by atoms with Gasteiger partial charge in [-0.25, -0.2) is 14.5 Å². The minimum atomic E-state index is -0.431. The number of hydrogen-bond donors (Lipinski definition) is 1. The molecule has 8 heteroatoms. The molecule has 0 spiro atoms. The number of nitrogens with one attached hydrogen (secondary N) is 1. The van der Waals surface area contributed by atoms with Gasteiger partial charge in [0.1, 0.15) is 15.5 Å². The van der Waals surface area contributed by atoms with Crippen molar-refractivity contribution in [2.45, 2.75) is 27.7 Å². The van der Waals surface area contributed by atoms with Gasteiger partial charge in [-0.05, 0) is 57.5 Å². The summed E-state index contributed by atoms with van der Waals surface area (Å²) in [4.78, 5) is 33.1. The van der Waals surface area contributed by atoms with Crippen LogP contribution in [0.1, 0.15) is 44.9 Å². The predicted molar refractivity (Wildman–Crippen MR) is 123 cm³/mol. The number of aromatic nitrogens is 4. The van der Waals surface area contributed by atoms with Crippen molar-refractivity contribution in [3.8, 4) is 5.69 Å². The number of H-pyrrole nitrogens is 1. The number of aryl methyl sites for hydroxylation is 2. The lowest BCUT2D eigenvalue weighted by Gasteiger charge is -2.03. The van der Waals surface area contributed by atoms with Crippen molar-refractivity contribution in [1.29, 1.82) is 0 Å². The van der Waals surface area contributed by atoms with Crippen molar-refractivity contribution in [2.24, 2.45) is 0 Å². The molecule has 3 aromatic heterocycles. The van der Waals surface area contributed by atoms with Crippen LogP contribution in [0.5, 0.6) is 0 Å². The van der Waals surface area contributed by atoms with Gasteiger partial charge in [-0.3, -0.25) is 4.79 Å². The van der Waals surface area contributed by atoms with Crippen LogP contribution in [0.15, 0.2) is 35.1 Å². The number of aromatic amines is 1. The zero-order chi connectivity index (χ0) is 22.1. The molecule has 0 saturated heterocycles. The van der Waals surface area contributed by atoms with E-state index in [0.717, 1.165) is 22.6 Å². The monoisotopic (exact) mass is 434 g/mol. The Morgan fingerprint density at radius 1 is 1.19 bits per heavy atom. The molecule has 31 heavy (non-hydrogen) atoms. The van der Waals surface area contributed by atoms with Gasteiger partial charge < -0.3 is 9.72 Å². The maximum Gasteiger partial charge on any atom is 0.348 e. The highest BCUT2D eigenvalue weighted by Crippen LogP contribution is 2.28. The Kier molecular flexibility index (Phi) is 5.56. The molecular formula is C23H22N4O3S. The molecule has 0 bridgehead atoms. The topological polar surface area (TPSA) is 89.9 Å². The first kappa shape index (κ1) is 20.7. The van der Waals surface area contributed by atoms with Gasteiger partial charge >= 0.3 is 5.97 Å². The van der Waals surface area contributed by atoms with Gasteiger partial charge in [0.2, 0.25) is 0 Å². The largest absolute Gasteiger partial charge is 0.462 e. The zero-order valence-electron chi connectivity index (χ0n) is 17.7. The maximum absolute atomic E-state index is 12.7. The summed E-state index contributed by atoms with van der Waals surface area (Å²) in [5, 5.41) is 5.06. The SMILES string of the molecule is CCOC(=O)c1sc2nc(/C=C/c3c(C)nn(-c4ccccc4)c3C)[nH]c(=O)c2c1C. The van der Waals surface area contributed by atoms with E-state index < -0.39 is 5.97 Å². The Bertz CT molecular complexity index is 1360. The van der Waals surface area contributed by atoms with Crippen LogP contribution in [0.25, 0.3) is 28.1 Å². The molecule has 0 aliphatic carbocycles. The maximum atomic E-state index is 12.7. The van der Waals surface area contributed by atoms with E-state index in [-0.39, 0.29) is 12.2 Å². The number of para-hydroxylation sites is 1. The summed E-state index contributed by atoms with van der Waals surface area (Å²) < 4.78 is 6.98. The molecule has 3 heterocycles. The van der Waals surface area contributed by atoms with Gasteiger partial charge in [-0.15, -0.1) is 11.3 Å². The van der Waals surface area contributed by atoms with Gasteiger partial charge in [0.05, 0.1) is 23.4 Å². The lowest BCUT2D eigenvalue weighted by molar-refractivity contribution is 0.0531. The lowest BCUT2D eigenvalue weighted by atomic mass is 10.1. The van der Waals surface area contributed by atoms with Crippen LogP contribution in [-0.4, -0.2) is 32.3 Å². The summed E-state index contributed by atoms with van der Waals surface area (Å²) >= 11 is 1.17. The Labute approximate surface area is 183 Å². The van der Waals surface area contributed by atoms with Gasteiger partial charge in [0, 0.05) is 11.3 Å². The third-order valence-electron chi connectivity index (χ3n) is 5.04. The van der Waals surface area contributed by atoms with Crippen LogP contribution in [0.3, 0.4) is 0 Å². The molecule has 0 amide bonds. The van der Waals surface area contributed by atoms with Gasteiger partial charge in [-0.1, -0.05) is 18.2 Å². The molecule has 4 aromatic rings. The molecule has 0 fully saturated rings. The summed E-state index contributed by atoms with van der Waals surface area (Å²) in [5.41, 5.74) is 4.12. The average molecular weight is 435 g/mol. The van der Waals surface area contributed by atoms with Crippen molar-refractivity contribution in [3.63, 3.8) is 0 Å². The van der Waals surface area contributed by atoms with E-state index in [9.17, 15) is 9.59 Å². The fourth-order valence-electron chi connectivity index (χ4n) is 3.51. The van der Waals surface area contributed by atoms with Crippen LogP contribution >= 0.6 is 11.3 Å². The number of ether oxygens (including phenoxy) is 1. The normalized spacial score (nSPS) is 11.5. The van der Waals surface area contributed by atoms with Crippen molar-refractivity contribution >= 4 is 39.7 Å². The second-order valence-electron chi connectivity index (χ2n) is 7.07. The first-order valence-electron chi connectivity index (χ1n) is 9.91. The molecular weight excluding hydrogens is 412 g/mol. The highest BCUT2D eigenvalue weighted by Gasteiger charge is 2.20. The van der Waals surface area contributed by atoms with Crippen LogP contribution in [0.4, 0.5) is 0 Å². The predicted octanol–water partition coefficient (Wildman–Crippen LogP) is 4.44. The molecule has 1 N–H and O–H groups in total. The highest BCUT2D eigenvalue weighted by atomic mass is 32.1. The average Bonchev–Trinajstić information content (AvgIpc) is 3.23. The number of hydrogen-bond acceptors (Lipinski definition) is 6. The number of thiophene rings is 1. The fraction of sp³-hybridized carbons (Fsp3) is 0.217. The molecule has 0 aliphatic rings. The van der Waals surface area contributed by atoms with E-state index in [1.807, 2.05) is 54.9 Å². The minimum Gasteiger partial charge on any atom is -0.462 e. The van der Waals surface area contributed by atoms with E-state index in [2.05, 4.69) is 15.1 Å². The smallest absolute Gasteiger partial charge is 0.348 e. The summed E-state index contributed by atoms with van der Waals surface area (Å²) in [6.45, 7) is 7.71.